The third-order valence-electron chi connectivity index (χ3n) is 6.07. The van der Waals surface area contributed by atoms with Crippen LogP contribution >= 0.6 is 0 Å². The van der Waals surface area contributed by atoms with Gasteiger partial charge in [-0.2, -0.15) is 0 Å². The minimum atomic E-state index is -0.609. The van der Waals surface area contributed by atoms with Gasteiger partial charge in [0, 0.05) is 23.9 Å². The van der Waals surface area contributed by atoms with Crippen LogP contribution in [-0.2, 0) is 11.2 Å². The number of benzene rings is 1. The SMILES string of the molecule is CC(C)N1CCOc2c(F)cc(-c3nc(Cc4ccc(NC5CCOC5)cn4)ncc3F)cc21. The Kier molecular flexibility index (Phi) is 6.28. The Balaban J connectivity index is 1.39. The van der Waals surface area contributed by atoms with Gasteiger partial charge in [-0.15, -0.1) is 0 Å². The lowest BCUT2D eigenvalue weighted by molar-refractivity contribution is 0.195. The Hall–Kier alpha value is -3.33. The van der Waals surface area contributed by atoms with Crippen LogP contribution in [0.25, 0.3) is 11.3 Å². The molecule has 1 unspecified atom stereocenters. The molecule has 1 fully saturated rings. The second-order valence-electron chi connectivity index (χ2n) is 8.84. The quantitative estimate of drug-likeness (QED) is 0.582. The summed E-state index contributed by atoms with van der Waals surface area (Å²) in [5.41, 5.74) is 2.68. The molecule has 0 amide bonds. The molecule has 178 valence electrons. The smallest absolute Gasteiger partial charge is 0.178 e. The normalized spacial score (nSPS) is 17.6. The van der Waals surface area contributed by atoms with Gasteiger partial charge in [-0.05, 0) is 44.5 Å². The first-order chi connectivity index (χ1) is 16.5. The lowest BCUT2D eigenvalue weighted by Gasteiger charge is -2.34. The Bertz CT molecular complexity index is 1170. The van der Waals surface area contributed by atoms with E-state index in [1.54, 1.807) is 12.3 Å². The van der Waals surface area contributed by atoms with Gasteiger partial charge >= 0.3 is 0 Å². The van der Waals surface area contributed by atoms with Gasteiger partial charge in [0.25, 0.3) is 0 Å². The molecule has 2 aliphatic heterocycles. The molecule has 2 aliphatic rings. The zero-order valence-corrected chi connectivity index (χ0v) is 19.2. The van der Waals surface area contributed by atoms with Crippen LogP contribution in [0.4, 0.5) is 20.2 Å². The molecule has 2 aromatic heterocycles. The van der Waals surface area contributed by atoms with Gasteiger partial charge in [0.2, 0.25) is 0 Å². The topological polar surface area (TPSA) is 72.4 Å². The van der Waals surface area contributed by atoms with Gasteiger partial charge in [-0.25, -0.2) is 18.7 Å². The fraction of sp³-hybridized carbons (Fsp3) is 0.400. The third-order valence-corrected chi connectivity index (χ3v) is 6.07. The van der Waals surface area contributed by atoms with Crippen molar-refractivity contribution in [3.05, 3.63) is 59.8 Å². The summed E-state index contributed by atoms with van der Waals surface area (Å²) < 4.78 is 40.5. The van der Waals surface area contributed by atoms with Crippen molar-refractivity contribution in [2.45, 2.75) is 38.8 Å². The lowest BCUT2D eigenvalue weighted by Crippen LogP contribution is -2.38. The maximum absolute atomic E-state index is 14.9. The van der Waals surface area contributed by atoms with E-state index >= 15 is 0 Å². The number of pyridine rings is 1. The van der Waals surface area contributed by atoms with E-state index < -0.39 is 11.6 Å². The number of rotatable bonds is 6. The molecule has 3 aromatic rings. The summed E-state index contributed by atoms with van der Waals surface area (Å²) in [5.74, 6) is -0.540. The van der Waals surface area contributed by atoms with Crippen LogP contribution in [0.5, 0.6) is 5.75 Å². The average molecular weight is 468 g/mol. The summed E-state index contributed by atoms with van der Waals surface area (Å²) in [6.45, 7) is 6.55. The van der Waals surface area contributed by atoms with Crippen molar-refractivity contribution in [2.24, 2.45) is 0 Å². The van der Waals surface area contributed by atoms with Gasteiger partial charge < -0.3 is 19.7 Å². The molecule has 0 radical (unpaired) electrons. The van der Waals surface area contributed by atoms with Crippen molar-refractivity contribution in [3.63, 3.8) is 0 Å². The molecule has 1 atom stereocenters. The predicted molar refractivity (Wildman–Crippen MR) is 125 cm³/mol. The number of nitrogens with one attached hydrogen (secondary N) is 1. The maximum Gasteiger partial charge on any atom is 0.178 e. The molecule has 0 spiro atoms. The minimum Gasteiger partial charge on any atom is -0.486 e. The number of ether oxygens (including phenoxy) is 2. The zero-order valence-electron chi connectivity index (χ0n) is 19.2. The van der Waals surface area contributed by atoms with Crippen molar-refractivity contribution in [1.82, 2.24) is 15.0 Å². The fourth-order valence-corrected chi connectivity index (χ4v) is 4.33. The Morgan fingerprint density at radius 2 is 2.00 bits per heavy atom. The molecule has 5 rings (SSSR count). The largest absolute Gasteiger partial charge is 0.486 e. The molecule has 4 heterocycles. The van der Waals surface area contributed by atoms with Gasteiger partial charge in [0.1, 0.15) is 18.1 Å². The third kappa shape index (κ3) is 4.65. The second-order valence-corrected chi connectivity index (χ2v) is 8.84. The Labute approximate surface area is 197 Å². The van der Waals surface area contributed by atoms with Crippen molar-refractivity contribution in [3.8, 4) is 17.0 Å². The first-order valence-electron chi connectivity index (χ1n) is 11.5. The molecule has 34 heavy (non-hydrogen) atoms. The van der Waals surface area contributed by atoms with Crippen LogP contribution in [0.1, 0.15) is 31.8 Å². The minimum absolute atomic E-state index is 0.0560. The summed E-state index contributed by atoms with van der Waals surface area (Å²) in [6.07, 6.45) is 4.19. The Morgan fingerprint density at radius 3 is 2.74 bits per heavy atom. The lowest BCUT2D eigenvalue weighted by atomic mass is 10.1. The molecular formula is C25H27F2N5O2. The summed E-state index contributed by atoms with van der Waals surface area (Å²) in [7, 11) is 0. The van der Waals surface area contributed by atoms with E-state index in [0.29, 0.717) is 49.3 Å². The highest BCUT2D eigenvalue weighted by Crippen LogP contribution is 2.39. The molecule has 0 aliphatic carbocycles. The standard InChI is InChI=1S/C25H27F2N5O2/c1-15(2)32-6-8-34-25-20(26)9-16(10-22(25)32)24-21(27)13-29-23(31-24)11-17-3-4-18(12-28-17)30-19-5-7-33-14-19/h3-4,9-10,12-13,15,19,30H,5-8,11,14H2,1-2H3. The highest BCUT2D eigenvalue weighted by atomic mass is 19.1. The first kappa shape index (κ1) is 22.5. The molecule has 9 heteroatoms. The van der Waals surface area contributed by atoms with E-state index in [9.17, 15) is 8.78 Å². The molecule has 0 saturated carbocycles. The van der Waals surface area contributed by atoms with Gasteiger partial charge in [-0.1, -0.05) is 0 Å². The summed E-state index contributed by atoms with van der Waals surface area (Å²) >= 11 is 0. The highest BCUT2D eigenvalue weighted by Gasteiger charge is 2.25. The molecule has 1 N–H and O–H groups in total. The fourth-order valence-electron chi connectivity index (χ4n) is 4.33. The zero-order chi connectivity index (χ0) is 23.7. The van der Waals surface area contributed by atoms with Crippen molar-refractivity contribution >= 4 is 11.4 Å². The van der Waals surface area contributed by atoms with Crippen LogP contribution < -0.4 is 15.0 Å². The molecule has 0 bridgehead atoms. The summed E-state index contributed by atoms with van der Waals surface area (Å²) in [4.78, 5) is 15.1. The number of fused-ring (bicyclic) bond motifs is 1. The van der Waals surface area contributed by atoms with Crippen LogP contribution in [0, 0.1) is 11.6 Å². The number of nitrogens with zero attached hydrogens (tertiary/aromatic N) is 4. The van der Waals surface area contributed by atoms with Crippen LogP contribution in [-0.4, -0.2) is 53.4 Å². The number of aromatic nitrogens is 3. The molecule has 1 saturated heterocycles. The van der Waals surface area contributed by atoms with Crippen LogP contribution in [0.3, 0.4) is 0 Å². The monoisotopic (exact) mass is 467 g/mol. The molecular weight excluding hydrogens is 440 g/mol. The summed E-state index contributed by atoms with van der Waals surface area (Å²) in [6, 6.07) is 7.28. The second kappa shape index (κ2) is 9.50. The van der Waals surface area contributed by atoms with Crippen LogP contribution in [0.2, 0.25) is 0 Å². The van der Waals surface area contributed by atoms with Gasteiger partial charge in [-0.3, -0.25) is 4.98 Å². The maximum atomic E-state index is 14.9. The number of halogens is 2. The first-order valence-corrected chi connectivity index (χ1v) is 11.5. The van der Waals surface area contributed by atoms with Gasteiger partial charge in [0.05, 0.1) is 49.4 Å². The van der Waals surface area contributed by atoms with Gasteiger partial charge in [0.15, 0.2) is 17.4 Å². The van der Waals surface area contributed by atoms with E-state index in [1.165, 1.54) is 6.07 Å². The van der Waals surface area contributed by atoms with E-state index in [0.717, 1.165) is 30.6 Å². The molecule has 1 aromatic carbocycles. The highest BCUT2D eigenvalue weighted by molar-refractivity contribution is 5.72. The van der Waals surface area contributed by atoms with Crippen molar-refractivity contribution in [1.29, 1.82) is 0 Å². The Morgan fingerprint density at radius 1 is 1.12 bits per heavy atom. The predicted octanol–water partition coefficient (Wildman–Crippen LogP) is 4.22. The van der Waals surface area contributed by atoms with Crippen LogP contribution in [0.15, 0.2) is 36.7 Å². The molecule has 7 nitrogen and oxygen atoms in total. The van der Waals surface area contributed by atoms with E-state index in [1.807, 2.05) is 30.9 Å². The van der Waals surface area contributed by atoms with E-state index in [4.69, 9.17) is 9.47 Å². The summed E-state index contributed by atoms with van der Waals surface area (Å²) in [5, 5.41) is 3.39. The number of hydrogen-bond donors (Lipinski definition) is 1. The van der Waals surface area contributed by atoms with E-state index in [-0.39, 0.29) is 17.5 Å². The number of anilines is 2. The van der Waals surface area contributed by atoms with Crippen molar-refractivity contribution in [2.75, 3.05) is 36.6 Å². The number of hydrogen-bond acceptors (Lipinski definition) is 7. The van der Waals surface area contributed by atoms with Crippen molar-refractivity contribution < 1.29 is 18.3 Å². The average Bonchev–Trinajstić information content (AvgIpc) is 3.34. The van der Waals surface area contributed by atoms with E-state index in [2.05, 4.69) is 20.3 Å².